The van der Waals surface area contributed by atoms with Crippen molar-refractivity contribution in [1.82, 2.24) is 0 Å². The van der Waals surface area contributed by atoms with Crippen LogP contribution in [0.5, 0.6) is 0 Å². The average molecular weight is 512 g/mol. The zero-order chi connectivity index (χ0) is 25.5. The molecule has 2 saturated carbocycles. The Balaban J connectivity index is 3.37. The third-order valence-electron chi connectivity index (χ3n) is 5.04. The maximum atomic E-state index is 14.6. The molecule has 0 nitrogen and oxygen atoms in total. The zero-order valence-corrected chi connectivity index (χ0v) is 13.1. The van der Waals surface area contributed by atoms with Gasteiger partial charge in [-0.1, -0.05) is 0 Å². The summed E-state index contributed by atoms with van der Waals surface area (Å²) in [6.07, 6.45) is -8.58. The highest BCUT2D eigenvalue weighted by molar-refractivity contribution is 5.45. The maximum Gasteiger partial charge on any atom is 0.432 e. The van der Waals surface area contributed by atoms with E-state index in [1.165, 1.54) is 0 Å². The monoisotopic (exact) mass is 512 g/mol. The Morgan fingerprint density at radius 3 is 0.774 bits per heavy atom. The zero-order valence-electron chi connectivity index (χ0n) is 13.1. The average Bonchev–Trinajstić information content (AvgIpc) is 2.54. The molecule has 2 aliphatic rings. The van der Waals surface area contributed by atoms with Gasteiger partial charge in [0.05, 0.1) is 0 Å². The second-order valence-electron chi connectivity index (χ2n) is 6.49. The van der Waals surface area contributed by atoms with Crippen LogP contribution in [0.15, 0.2) is 0 Å². The molecule has 0 radical (unpaired) electrons. The van der Waals surface area contributed by atoms with E-state index in [0.717, 1.165) is 0 Å². The van der Waals surface area contributed by atoms with E-state index in [0.29, 0.717) is 0 Å². The first-order valence-corrected chi connectivity index (χ1v) is 6.78. The van der Waals surface area contributed by atoms with Crippen LogP contribution in [0.25, 0.3) is 0 Å². The van der Waals surface area contributed by atoms with Crippen molar-refractivity contribution in [3.05, 3.63) is 0 Å². The number of alkyl halides is 20. The van der Waals surface area contributed by atoms with E-state index >= 15 is 0 Å². The number of rotatable bonds is 0. The first-order valence-electron chi connectivity index (χ1n) is 6.78. The number of hydrogen-bond acceptors (Lipinski definition) is 0. The fourth-order valence-corrected chi connectivity index (χ4v) is 3.35. The molecule has 2 rings (SSSR count). The highest BCUT2D eigenvalue weighted by atomic mass is 19.4. The number of halogens is 20. The Labute approximate surface area is 154 Å². The molecule has 0 saturated heterocycles. The second-order valence-corrected chi connectivity index (χ2v) is 6.49. The fourth-order valence-electron chi connectivity index (χ4n) is 3.35. The summed E-state index contributed by atoms with van der Waals surface area (Å²) in [6.45, 7) is 0. The van der Waals surface area contributed by atoms with Crippen molar-refractivity contribution in [2.24, 2.45) is 0 Å². The predicted molar refractivity (Wildman–Crippen MR) is 52.2 cm³/mol. The van der Waals surface area contributed by atoms with Crippen molar-refractivity contribution in [3.8, 4) is 0 Å². The quantitative estimate of drug-likeness (QED) is 0.342. The molecule has 31 heavy (non-hydrogen) atoms. The van der Waals surface area contributed by atoms with Gasteiger partial charge in [-0.2, -0.15) is 74.6 Å². The molecule has 0 N–H and O–H groups in total. The minimum atomic E-state index is -9.16. The van der Waals surface area contributed by atoms with Gasteiger partial charge in [0, 0.05) is 0 Å². The van der Waals surface area contributed by atoms with Gasteiger partial charge in [-0.05, 0) is 0 Å². The summed E-state index contributed by atoms with van der Waals surface area (Å²) in [6, 6.07) is 0. The van der Waals surface area contributed by atoms with Crippen LogP contribution in [0.2, 0.25) is 0 Å². The third-order valence-corrected chi connectivity index (χ3v) is 5.04. The van der Waals surface area contributed by atoms with E-state index in [4.69, 9.17) is 0 Å². The summed E-state index contributed by atoms with van der Waals surface area (Å²) >= 11 is 0. The Bertz CT molecular complexity index is 779. The SMILES string of the molecule is FC(F)(F)C1(F)C(F)(F)C(F)(F)C(F)(F)[C@]2(F)C(F)(F)C(F)(F)C(F)(F)C(F)(F)[C@]12F. The Morgan fingerprint density at radius 2 is 0.516 bits per heavy atom. The van der Waals surface area contributed by atoms with Crippen molar-refractivity contribution in [2.45, 2.75) is 64.6 Å². The lowest BCUT2D eigenvalue weighted by Crippen LogP contribution is -3.00. The highest BCUT2D eigenvalue weighted by Crippen LogP contribution is 2.82. The molecule has 0 heterocycles. The van der Waals surface area contributed by atoms with Crippen LogP contribution in [0.3, 0.4) is 0 Å². The predicted octanol–water partition coefficient (Wildman–Crippen LogP) is 6.15. The fraction of sp³-hybridized carbons (Fsp3) is 1.00. The molecule has 20 heteroatoms. The van der Waals surface area contributed by atoms with Crippen LogP contribution in [0.1, 0.15) is 0 Å². The summed E-state index contributed by atoms with van der Waals surface area (Å²) in [5.74, 6) is -60.7. The van der Waals surface area contributed by atoms with Crippen LogP contribution in [0.4, 0.5) is 87.8 Å². The molecular weight excluding hydrogens is 512 g/mol. The molecule has 0 amide bonds. The molecule has 0 spiro atoms. The second kappa shape index (κ2) is 5.22. The van der Waals surface area contributed by atoms with Gasteiger partial charge < -0.3 is 0 Å². The van der Waals surface area contributed by atoms with E-state index in [1.807, 2.05) is 0 Å². The van der Waals surface area contributed by atoms with Crippen LogP contribution in [-0.4, -0.2) is 64.6 Å². The molecule has 184 valence electrons. The normalized spacial score (nSPS) is 43.7. The summed E-state index contributed by atoms with van der Waals surface area (Å²) in [7, 11) is 0. The maximum absolute atomic E-state index is 14.6. The molecule has 2 fully saturated rings. The van der Waals surface area contributed by atoms with E-state index in [2.05, 4.69) is 0 Å². The standard InChI is InChI=1S/C11F20/c12-1-2(13,6(19,20)10(27,28)9(25,26)4(1,15)16)5(17,18)8(23,24)7(21,22)3(1,14)11(29,30)31/t1-,2+,3?/m1/s1. The molecule has 0 aromatic carbocycles. The van der Waals surface area contributed by atoms with E-state index in [9.17, 15) is 87.8 Å². The molecule has 2 aliphatic carbocycles. The molecule has 3 atom stereocenters. The minimum absolute atomic E-state index is 8.45. The molecule has 1 unspecified atom stereocenters. The van der Waals surface area contributed by atoms with Crippen LogP contribution >= 0.6 is 0 Å². The molecule has 0 aromatic heterocycles. The smallest absolute Gasteiger partial charge is 0.228 e. The molecule has 0 aromatic rings. The molecule has 0 bridgehead atoms. The van der Waals surface area contributed by atoms with E-state index < -0.39 is 64.6 Å². The highest BCUT2D eigenvalue weighted by Gasteiger charge is 3.16. The topological polar surface area (TPSA) is 0 Å². The van der Waals surface area contributed by atoms with Gasteiger partial charge in [0.1, 0.15) is 0 Å². The van der Waals surface area contributed by atoms with Crippen molar-refractivity contribution in [1.29, 1.82) is 0 Å². The first-order chi connectivity index (χ1) is 13.0. The van der Waals surface area contributed by atoms with E-state index in [-0.39, 0.29) is 0 Å². The van der Waals surface area contributed by atoms with Crippen LogP contribution in [-0.2, 0) is 0 Å². The van der Waals surface area contributed by atoms with Gasteiger partial charge in [0.15, 0.2) is 0 Å². The molecular formula is C11F20. The summed E-state index contributed by atoms with van der Waals surface area (Å²) in [5.41, 5.74) is -27.2. The van der Waals surface area contributed by atoms with Gasteiger partial charge in [0.25, 0.3) is 11.3 Å². The van der Waals surface area contributed by atoms with Gasteiger partial charge >= 0.3 is 53.3 Å². The van der Waals surface area contributed by atoms with Gasteiger partial charge in [-0.15, -0.1) is 0 Å². The van der Waals surface area contributed by atoms with Crippen LogP contribution < -0.4 is 0 Å². The van der Waals surface area contributed by atoms with Gasteiger partial charge in [-0.3, -0.25) is 0 Å². The van der Waals surface area contributed by atoms with Crippen LogP contribution in [0, 0.1) is 0 Å². The summed E-state index contributed by atoms with van der Waals surface area (Å²) in [4.78, 5) is 0. The Morgan fingerprint density at radius 1 is 0.290 bits per heavy atom. The lowest BCUT2D eigenvalue weighted by Gasteiger charge is -2.65. The van der Waals surface area contributed by atoms with Crippen molar-refractivity contribution < 1.29 is 87.8 Å². The number of hydrogen-bond donors (Lipinski definition) is 0. The van der Waals surface area contributed by atoms with Crippen molar-refractivity contribution in [2.75, 3.05) is 0 Å². The van der Waals surface area contributed by atoms with Crippen molar-refractivity contribution >= 4 is 0 Å². The largest absolute Gasteiger partial charge is 0.432 e. The summed E-state index contributed by atoms with van der Waals surface area (Å²) < 4.78 is 270. The number of fused-ring (bicyclic) bond motifs is 1. The summed E-state index contributed by atoms with van der Waals surface area (Å²) in [5, 5.41) is 0. The first kappa shape index (κ1) is 25.9. The lowest BCUT2D eigenvalue weighted by molar-refractivity contribution is -0.564. The lowest BCUT2D eigenvalue weighted by atomic mass is 9.50. The Kier molecular flexibility index (Phi) is 4.35. The van der Waals surface area contributed by atoms with Gasteiger partial charge in [-0.25, -0.2) is 13.2 Å². The van der Waals surface area contributed by atoms with Gasteiger partial charge in [0.2, 0.25) is 0 Å². The third kappa shape index (κ3) is 1.78. The Hall–Kier alpha value is -1.40. The van der Waals surface area contributed by atoms with Crippen molar-refractivity contribution in [3.63, 3.8) is 0 Å². The minimum Gasteiger partial charge on any atom is -0.228 e. The molecule has 0 aliphatic heterocycles. The van der Waals surface area contributed by atoms with E-state index in [1.54, 1.807) is 0 Å².